The van der Waals surface area contributed by atoms with Crippen molar-refractivity contribution in [3.8, 4) is 0 Å². The first kappa shape index (κ1) is 23.2. The molecule has 1 fully saturated rings. The van der Waals surface area contributed by atoms with Gasteiger partial charge in [0.1, 0.15) is 18.8 Å². The highest BCUT2D eigenvalue weighted by atomic mass is 16.7. The average molecular weight is 462 g/mol. The Bertz CT molecular complexity index is 1120. The molecule has 1 N–H and O–H groups in total. The number of rotatable bonds is 7. The molecule has 4 atom stereocenters. The predicted molar refractivity (Wildman–Crippen MR) is 119 cm³/mol. The topological polar surface area (TPSA) is 108 Å². The van der Waals surface area contributed by atoms with Gasteiger partial charge in [-0.15, -0.1) is 0 Å². The van der Waals surface area contributed by atoms with E-state index in [4.69, 9.17) is 18.9 Å². The lowest BCUT2D eigenvalue weighted by Crippen LogP contribution is -2.39. The average Bonchev–Trinajstić information content (AvgIpc) is 3.17. The molecule has 0 saturated carbocycles. The Kier molecular flexibility index (Phi) is 7.31. The molecular weight excluding hydrogens is 440 g/mol. The summed E-state index contributed by atoms with van der Waals surface area (Å²) in [6.45, 7) is -0.340. The lowest BCUT2D eigenvalue weighted by molar-refractivity contribution is -0.141. The van der Waals surface area contributed by atoms with Gasteiger partial charge in [0.15, 0.2) is 6.10 Å². The van der Waals surface area contributed by atoms with Crippen LogP contribution in [0.4, 0.5) is 0 Å². The summed E-state index contributed by atoms with van der Waals surface area (Å²) < 4.78 is 21.8. The molecule has 4 rings (SSSR count). The number of carbonyl (C=O) groups is 3. The van der Waals surface area contributed by atoms with Gasteiger partial charge in [-0.05, 0) is 36.4 Å². The van der Waals surface area contributed by atoms with Crippen LogP contribution < -0.4 is 0 Å². The van der Waals surface area contributed by atoms with E-state index < -0.39 is 42.5 Å². The quantitative estimate of drug-likeness (QED) is 0.422. The Labute approximate surface area is 195 Å². The van der Waals surface area contributed by atoms with Crippen molar-refractivity contribution >= 4 is 17.9 Å². The molecule has 0 amide bonds. The number of hydrogen-bond donors (Lipinski definition) is 1. The molecule has 8 nitrogen and oxygen atoms in total. The summed E-state index contributed by atoms with van der Waals surface area (Å²) in [5, 5.41) is 10.8. The summed E-state index contributed by atoms with van der Waals surface area (Å²) in [5.74, 6) is -2.06. The molecule has 0 unspecified atom stereocenters. The Morgan fingerprint density at radius 2 is 1.12 bits per heavy atom. The molecule has 0 radical (unpaired) electrons. The highest BCUT2D eigenvalue weighted by Gasteiger charge is 2.49. The normalized spacial score (nSPS) is 21.4. The number of aliphatic hydroxyl groups is 1. The van der Waals surface area contributed by atoms with Crippen LogP contribution in [0.3, 0.4) is 0 Å². The lowest BCUT2D eigenvalue weighted by atomic mass is 10.1. The summed E-state index contributed by atoms with van der Waals surface area (Å²) in [4.78, 5) is 37.4. The Morgan fingerprint density at radius 3 is 1.62 bits per heavy atom. The molecule has 1 aliphatic rings. The van der Waals surface area contributed by atoms with Gasteiger partial charge in [0.25, 0.3) is 0 Å². The molecular formula is C26H22O8. The van der Waals surface area contributed by atoms with Crippen LogP contribution in [0.2, 0.25) is 0 Å². The molecule has 0 aromatic heterocycles. The maximum absolute atomic E-state index is 12.6. The molecule has 3 aromatic carbocycles. The number of esters is 3. The number of aliphatic hydroxyl groups excluding tert-OH is 1. The predicted octanol–water partition coefficient (Wildman–Crippen LogP) is 3.01. The van der Waals surface area contributed by atoms with Crippen LogP contribution in [0, 0.1) is 0 Å². The third-order valence-electron chi connectivity index (χ3n) is 5.17. The summed E-state index contributed by atoms with van der Waals surface area (Å²) >= 11 is 0. The molecule has 1 aliphatic heterocycles. The van der Waals surface area contributed by atoms with Crippen molar-refractivity contribution in [1.82, 2.24) is 0 Å². The smallest absolute Gasteiger partial charge is 0.340 e. The number of hydrogen-bond acceptors (Lipinski definition) is 8. The SMILES string of the molecule is O=C(OC[C@H]1O[C@H](OC(=O)c2ccccc2)[C@H](OC(=O)c2ccccc2)[C@@H]1O)c1ccccc1. The van der Waals surface area contributed by atoms with E-state index in [2.05, 4.69) is 0 Å². The van der Waals surface area contributed by atoms with Gasteiger partial charge in [0, 0.05) is 0 Å². The van der Waals surface area contributed by atoms with Gasteiger partial charge in [-0.2, -0.15) is 0 Å². The van der Waals surface area contributed by atoms with Crippen LogP contribution in [0.5, 0.6) is 0 Å². The van der Waals surface area contributed by atoms with Gasteiger partial charge in [0.05, 0.1) is 16.7 Å². The van der Waals surface area contributed by atoms with Crippen molar-refractivity contribution in [3.05, 3.63) is 108 Å². The molecule has 0 aliphatic carbocycles. The minimum absolute atomic E-state index is 0.252. The second-order valence-corrected chi connectivity index (χ2v) is 7.51. The van der Waals surface area contributed by atoms with Crippen LogP contribution in [-0.4, -0.2) is 54.2 Å². The first-order valence-electron chi connectivity index (χ1n) is 10.6. The summed E-state index contributed by atoms with van der Waals surface area (Å²) in [6, 6.07) is 24.7. The Balaban J connectivity index is 1.47. The molecule has 34 heavy (non-hydrogen) atoms. The Hall–Kier alpha value is -4.01. The third kappa shape index (κ3) is 5.48. The molecule has 0 bridgehead atoms. The van der Waals surface area contributed by atoms with E-state index in [1.54, 1.807) is 91.0 Å². The van der Waals surface area contributed by atoms with Crippen LogP contribution >= 0.6 is 0 Å². The van der Waals surface area contributed by atoms with Gasteiger partial charge in [0.2, 0.25) is 6.29 Å². The van der Waals surface area contributed by atoms with E-state index in [-0.39, 0.29) is 17.7 Å². The van der Waals surface area contributed by atoms with Crippen LogP contribution in [0.15, 0.2) is 91.0 Å². The monoisotopic (exact) mass is 462 g/mol. The van der Waals surface area contributed by atoms with Crippen LogP contribution in [0.1, 0.15) is 31.1 Å². The largest absolute Gasteiger partial charge is 0.459 e. The molecule has 1 heterocycles. The first-order chi connectivity index (χ1) is 16.5. The van der Waals surface area contributed by atoms with Gasteiger partial charge in [-0.25, -0.2) is 14.4 Å². The number of benzene rings is 3. The standard InChI is InChI=1S/C26H22O8/c27-21-20(16-31-23(28)17-10-4-1-5-11-17)32-26(34-25(30)19-14-8-3-9-15-19)22(21)33-24(29)18-12-6-2-7-13-18/h1-15,20-22,26-27H,16H2/t20-,21-,22-,26-/m1/s1. The van der Waals surface area contributed by atoms with E-state index in [0.29, 0.717) is 5.56 Å². The van der Waals surface area contributed by atoms with Crippen molar-refractivity contribution in [2.45, 2.75) is 24.6 Å². The molecule has 1 saturated heterocycles. The van der Waals surface area contributed by atoms with E-state index in [1.807, 2.05) is 0 Å². The summed E-state index contributed by atoms with van der Waals surface area (Å²) in [7, 11) is 0. The van der Waals surface area contributed by atoms with Crippen LogP contribution in [0.25, 0.3) is 0 Å². The van der Waals surface area contributed by atoms with Gasteiger partial charge in [-0.3, -0.25) is 0 Å². The fourth-order valence-corrected chi connectivity index (χ4v) is 3.39. The number of carbonyl (C=O) groups excluding carboxylic acids is 3. The highest BCUT2D eigenvalue weighted by Crippen LogP contribution is 2.27. The van der Waals surface area contributed by atoms with Crippen molar-refractivity contribution < 1.29 is 38.4 Å². The van der Waals surface area contributed by atoms with E-state index in [9.17, 15) is 19.5 Å². The van der Waals surface area contributed by atoms with E-state index >= 15 is 0 Å². The third-order valence-corrected chi connectivity index (χ3v) is 5.17. The zero-order valence-corrected chi connectivity index (χ0v) is 18.0. The van der Waals surface area contributed by atoms with Gasteiger partial charge in [-0.1, -0.05) is 54.6 Å². The number of ether oxygens (including phenoxy) is 4. The fraction of sp³-hybridized carbons (Fsp3) is 0.192. The van der Waals surface area contributed by atoms with Crippen LogP contribution in [-0.2, 0) is 18.9 Å². The molecule has 3 aromatic rings. The van der Waals surface area contributed by atoms with Crippen molar-refractivity contribution in [1.29, 1.82) is 0 Å². The zero-order chi connectivity index (χ0) is 23.9. The minimum Gasteiger partial charge on any atom is -0.459 e. The van der Waals surface area contributed by atoms with Gasteiger partial charge >= 0.3 is 17.9 Å². The second kappa shape index (κ2) is 10.7. The van der Waals surface area contributed by atoms with E-state index in [1.165, 1.54) is 0 Å². The lowest BCUT2D eigenvalue weighted by Gasteiger charge is -2.20. The summed E-state index contributed by atoms with van der Waals surface area (Å²) in [6.07, 6.45) is -5.24. The van der Waals surface area contributed by atoms with Gasteiger partial charge < -0.3 is 24.1 Å². The maximum atomic E-state index is 12.6. The molecule has 174 valence electrons. The minimum atomic E-state index is -1.41. The molecule has 8 heteroatoms. The fourth-order valence-electron chi connectivity index (χ4n) is 3.39. The first-order valence-corrected chi connectivity index (χ1v) is 10.6. The zero-order valence-electron chi connectivity index (χ0n) is 18.0. The van der Waals surface area contributed by atoms with E-state index in [0.717, 1.165) is 0 Å². The summed E-state index contributed by atoms with van der Waals surface area (Å²) in [5.41, 5.74) is 0.837. The second-order valence-electron chi connectivity index (χ2n) is 7.51. The van der Waals surface area contributed by atoms with Crippen molar-refractivity contribution in [3.63, 3.8) is 0 Å². The maximum Gasteiger partial charge on any atom is 0.340 e. The molecule has 0 spiro atoms. The van der Waals surface area contributed by atoms with Crippen molar-refractivity contribution in [2.24, 2.45) is 0 Å². The van der Waals surface area contributed by atoms with Crippen molar-refractivity contribution in [2.75, 3.05) is 6.61 Å². The highest BCUT2D eigenvalue weighted by molar-refractivity contribution is 5.90. The Morgan fingerprint density at radius 1 is 0.676 bits per heavy atom.